The first-order valence-corrected chi connectivity index (χ1v) is 5.46. The number of nitro benzene ring substituents is 1. The molecule has 0 saturated carbocycles. The number of non-ortho nitro benzene ring substituents is 1. The van der Waals surface area contributed by atoms with Gasteiger partial charge in [-0.25, -0.2) is 0 Å². The van der Waals surface area contributed by atoms with Crippen LogP contribution in [0.15, 0.2) is 23.4 Å². The van der Waals surface area contributed by atoms with E-state index >= 15 is 0 Å². The molecule has 0 atom stereocenters. The first-order chi connectivity index (χ1) is 7.95. The fourth-order valence-corrected chi connectivity index (χ4v) is 2.28. The molecular weight excluding hydrogens is 220 g/mol. The van der Waals surface area contributed by atoms with Crippen molar-refractivity contribution in [2.24, 2.45) is 5.16 Å². The topological polar surface area (TPSA) is 75.7 Å². The lowest BCUT2D eigenvalue weighted by Crippen LogP contribution is -2.27. The van der Waals surface area contributed by atoms with Gasteiger partial charge in [0, 0.05) is 17.7 Å². The zero-order valence-electron chi connectivity index (χ0n) is 9.80. The molecule has 0 saturated heterocycles. The lowest BCUT2D eigenvalue weighted by atomic mass is 9.72. The Labute approximate surface area is 98.9 Å². The molecule has 0 amide bonds. The smallest absolute Gasteiger partial charge is 0.270 e. The molecule has 1 aliphatic carbocycles. The van der Waals surface area contributed by atoms with E-state index in [-0.39, 0.29) is 11.1 Å². The molecule has 0 unspecified atom stereocenters. The van der Waals surface area contributed by atoms with E-state index in [1.165, 1.54) is 12.1 Å². The van der Waals surface area contributed by atoms with Gasteiger partial charge in [-0.05, 0) is 23.8 Å². The van der Waals surface area contributed by atoms with Crippen LogP contribution in [-0.4, -0.2) is 15.8 Å². The van der Waals surface area contributed by atoms with Crippen molar-refractivity contribution in [3.8, 4) is 0 Å². The summed E-state index contributed by atoms with van der Waals surface area (Å²) >= 11 is 0. The van der Waals surface area contributed by atoms with Crippen molar-refractivity contribution in [1.29, 1.82) is 0 Å². The van der Waals surface area contributed by atoms with Crippen LogP contribution in [-0.2, 0) is 5.41 Å². The number of hydrogen-bond acceptors (Lipinski definition) is 4. The van der Waals surface area contributed by atoms with E-state index in [9.17, 15) is 10.1 Å². The van der Waals surface area contributed by atoms with Crippen LogP contribution in [0.3, 0.4) is 0 Å². The summed E-state index contributed by atoms with van der Waals surface area (Å²) in [6.45, 7) is 4.18. The first-order valence-electron chi connectivity index (χ1n) is 5.46. The summed E-state index contributed by atoms with van der Waals surface area (Å²) in [5, 5.41) is 23.0. The van der Waals surface area contributed by atoms with Crippen molar-refractivity contribution in [1.82, 2.24) is 0 Å². The SMILES string of the molecule is CC1(C)CCC(=NO)c2cc([N+](=O)[O-])ccc21. The van der Waals surface area contributed by atoms with E-state index in [0.717, 1.165) is 12.0 Å². The maximum atomic E-state index is 10.7. The highest BCUT2D eigenvalue weighted by Gasteiger charge is 2.32. The van der Waals surface area contributed by atoms with Gasteiger partial charge in [-0.15, -0.1) is 0 Å². The van der Waals surface area contributed by atoms with Gasteiger partial charge < -0.3 is 5.21 Å². The molecule has 2 rings (SSSR count). The van der Waals surface area contributed by atoms with E-state index in [0.29, 0.717) is 17.7 Å². The summed E-state index contributed by atoms with van der Waals surface area (Å²) in [7, 11) is 0. The third-order valence-corrected chi connectivity index (χ3v) is 3.36. The molecule has 17 heavy (non-hydrogen) atoms. The minimum Gasteiger partial charge on any atom is -0.411 e. The first kappa shape index (κ1) is 11.6. The lowest BCUT2D eigenvalue weighted by Gasteiger charge is -2.32. The third kappa shape index (κ3) is 1.88. The van der Waals surface area contributed by atoms with Crippen molar-refractivity contribution in [2.75, 3.05) is 0 Å². The van der Waals surface area contributed by atoms with Crippen LogP contribution in [0.5, 0.6) is 0 Å². The molecule has 90 valence electrons. The summed E-state index contributed by atoms with van der Waals surface area (Å²) in [5.41, 5.74) is 2.21. The number of nitrogens with zero attached hydrogens (tertiary/aromatic N) is 2. The van der Waals surface area contributed by atoms with Gasteiger partial charge in [0.2, 0.25) is 0 Å². The average Bonchev–Trinajstić information content (AvgIpc) is 2.28. The summed E-state index contributed by atoms with van der Waals surface area (Å²) in [5.74, 6) is 0. The van der Waals surface area contributed by atoms with Crippen LogP contribution in [0.25, 0.3) is 0 Å². The molecule has 0 bridgehead atoms. The molecular formula is C12H14N2O3. The molecule has 5 heteroatoms. The number of benzene rings is 1. The Kier molecular flexibility index (Phi) is 2.61. The van der Waals surface area contributed by atoms with Crippen molar-refractivity contribution in [3.63, 3.8) is 0 Å². The fraction of sp³-hybridized carbons (Fsp3) is 0.417. The zero-order chi connectivity index (χ0) is 12.6. The van der Waals surface area contributed by atoms with Crippen molar-refractivity contribution in [3.05, 3.63) is 39.4 Å². The number of oxime groups is 1. The zero-order valence-corrected chi connectivity index (χ0v) is 9.80. The standard InChI is InChI=1S/C12H14N2O3/c1-12(2)6-5-11(13-15)9-7-8(14(16)17)3-4-10(9)12/h3-4,7,15H,5-6H2,1-2H3. The van der Waals surface area contributed by atoms with Gasteiger partial charge in [-0.3, -0.25) is 10.1 Å². The Balaban J connectivity index is 2.63. The Morgan fingerprint density at radius 1 is 1.47 bits per heavy atom. The van der Waals surface area contributed by atoms with E-state index in [1.807, 2.05) is 0 Å². The van der Waals surface area contributed by atoms with Crippen LogP contribution in [0.4, 0.5) is 5.69 Å². The van der Waals surface area contributed by atoms with Crippen molar-refractivity contribution in [2.45, 2.75) is 32.1 Å². The highest BCUT2D eigenvalue weighted by molar-refractivity contribution is 6.03. The Bertz CT molecular complexity index is 506. The van der Waals surface area contributed by atoms with Gasteiger partial charge in [0.05, 0.1) is 10.6 Å². The van der Waals surface area contributed by atoms with E-state index in [4.69, 9.17) is 5.21 Å². The van der Waals surface area contributed by atoms with Gasteiger partial charge in [0.25, 0.3) is 5.69 Å². The largest absolute Gasteiger partial charge is 0.411 e. The minimum atomic E-state index is -0.434. The maximum Gasteiger partial charge on any atom is 0.270 e. The molecule has 0 radical (unpaired) electrons. The maximum absolute atomic E-state index is 10.7. The Morgan fingerprint density at radius 2 is 2.18 bits per heavy atom. The number of rotatable bonds is 1. The monoisotopic (exact) mass is 234 g/mol. The lowest BCUT2D eigenvalue weighted by molar-refractivity contribution is -0.384. The average molecular weight is 234 g/mol. The van der Waals surface area contributed by atoms with E-state index in [1.54, 1.807) is 6.07 Å². The predicted octanol–water partition coefficient (Wildman–Crippen LogP) is 2.84. The molecule has 5 nitrogen and oxygen atoms in total. The number of hydrogen-bond donors (Lipinski definition) is 1. The molecule has 0 heterocycles. The Morgan fingerprint density at radius 3 is 2.76 bits per heavy atom. The summed E-state index contributed by atoms with van der Waals surface area (Å²) in [6.07, 6.45) is 1.51. The third-order valence-electron chi connectivity index (χ3n) is 3.36. The van der Waals surface area contributed by atoms with Crippen LogP contribution in [0.2, 0.25) is 0 Å². The Hall–Kier alpha value is -1.91. The number of nitro groups is 1. The molecule has 1 aromatic rings. The second-order valence-corrected chi connectivity index (χ2v) is 4.92. The fourth-order valence-electron chi connectivity index (χ4n) is 2.28. The normalized spacial score (nSPS) is 20.0. The minimum absolute atomic E-state index is 0.0302. The molecule has 1 N–H and O–H groups in total. The van der Waals surface area contributed by atoms with Gasteiger partial charge in [-0.2, -0.15) is 0 Å². The van der Waals surface area contributed by atoms with Crippen LogP contribution in [0, 0.1) is 10.1 Å². The quantitative estimate of drug-likeness (QED) is 0.461. The second kappa shape index (κ2) is 3.84. The molecule has 1 aliphatic rings. The van der Waals surface area contributed by atoms with E-state index in [2.05, 4.69) is 19.0 Å². The van der Waals surface area contributed by atoms with Crippen LogP contribution >= 0.6 is 0 Å². The molecule has 0 spiro atoms. The number of fused-ring (bicyclic) bond motifs is 1. The van der Waals surface area contributed by atoms with Crippen molar-refractivity contribution < 1.29 is 10.1 Å². The highest BCUT2D eigenvalue weighted by atomic mass is 16.6. The van der Waals surface area contributed by atoms with Crippen LogP contribution < -0.4 is 0 Å². The van der Waals surface area contributed by atoms with E-state index < -0.39 is 4.92 Å². The summed E-state index contributed by atoms with van der Waals surface area (Å²) < 4.78 is 0. The van der Waals surface area contributed by atoms with Crippen molar-refractivity contribution >= 4 is 11.4 Å². The van der Waals surface area contributed by atoms with Gasteiger partial charge in [-0.1, -0.05) is 25.1 Å². The van der Waals surface area contributed by atoms with Gasteiger partial charge >= 0.3 is 0 Å². The van der Waals surface area contributed by atoms with Crippen LogP contribution in [0.1, 0.15) is 37.8 Å². The molecule has 0 aliphatic heterocycles. The van der Waals surface area contributed by atoms with Gasteiger partial charge in [0.1, 0.15) is 0 Å². The summed E-state index contributed by atoms with van der Waals surface area (Å²) in [6, 6.07) is 4.75. The van der Waals surface area contributed by atoms with Gasteiger partial charge in [0.15, 0.2) is 0 Å². The predicted molar refractivity (Wildman–Crippen MR) is 63.7 cm³/mol. The summed E-state index contributed by atoms with van der Waals surface area (Å²) in [4.78, 5) is 10.3. The molecule has 1 aromatic carbocycles. The highest BCUT2D eigenvalue weighted by Crippen LogP contribution is 2.38. The molecule has 0 fully saturated rings. The molecule has 0 aromatic heterocycles. The second-order valence-electron chi connectivity index (χ2n) is 4.92.